The van der Waals surface area contributed by atoms with E-state index in [4.69, 9.17) is 17.9 Å². The normalized spacial score (nSPS) is 13.5. The summed E-state index contributed by atoms with van der Waals surface area (Å²) in [5.41, 5.74) is 17.3. The van der Waals surface area contributed by atoms with Crippen LogP contribution in [0.3, 0.4) is 0 Å². The molecule has 0 fully saturated rings. The number of hydrogen-bond acceptors (Lipinski definition) is 2. The standard InChI is InChI=1S/C82H63N5O.Pt/c1-51-21-19-22-52(2)78(51)55-44-70-64-28-12-10-26-62(64)61-25-9-11-27-63(61)69-43-54(53-35-37-56(38-36-53)81(3,4)5)45-75-79(69)85(80(70)76(46-55)86-71-32-16-13-29-65(71)66-30-14-17-33-72(66)86)50-84(75)58-23-20-24-59(48-58)88-60-39-40-68-67-31-15-18-34-73(67)87(74(68)49-60)77-47-57(41-42-83-77)82(6,7)8;/h9-47H,1-8H3;/q-2;/i1D3,2D3;. The van der Waals surface area contributed by atoms with Gasteiger partial charge in [0.2, 0.25) is 0 Å². The second-order valence-corrected chi connectivity index (χ2v) is 25.2. The Balaban J connectivity index is 0.00000743. The molecule has 0 N–H and O–H groups in total. The number of para-hydroxylation sites is 3. The molecule has 7 heteroatoms. The Morgan fingerprint density at radius 3 is 1.65 bits per heavy atom. The maximum Gasteiger partial charge on any atom is 0.268 e. The molecule has 4 aromatic heterocycles. The minimum atomic E-state index is -2.69. The Morgan fingerprint density at radius 2 is 1.01 bits per heavy atom. The number of nitrogens with zero attached hydrogens (tertiary/aromatic N) is 5. The fourth-order valence-corrected chi connectivity index (χ4v) is 13.4. The number of pyridine rings is 1. The fraction of sp³-hybridized carbons (Fsp3) is 0.122. The van der Waals surface area contributed by atoms with Crippen molar-refractivity contribution in [2.24, 2.45) is 0 Å². The van der Waals surface area contributed by atoms with Crippen molar-refractivity contribution in [1.29, 1.82) is 0 Å². The number of fused-ring (bicyclic) bond motifs is 13. The second kappa shape index (κ2) is 21.2. The molecule has 1 aliphatic rings. The number of ether oxygens (including phenoxy) is 1. The summed E-state index contributed by atoms with van der Waals surface area (Å²) < 4.78 is 69.7. The molecular formula is C82H63N5OPt-2. The van der Waals surface area contributed by atoms with Crippen LogP contribution in [0.15, 0.2) is 237 Å². The monoisotopic (exact) mass is 1330 g/mol. The van der Waals surface area contributed by atoms with E-state index in [9.17, 15) is 0 Å². The topological polar surface area (TPSA) is 40.8 Å². The number of hydrogen-bond donors (Lipinski definition) is 0. The molecule has 0 amide bonds. The summed E-state index contributed by atoms with van der Waals surface area (Å²) >= 11 is 0. The first-order valence-electron chi connectivity index (χ1n) is 32.9. The summed E-state index contributed by atoms with van der Waals surface area (Å²) in [5.74, 6) is 1.74. The van der Waals surface area contributed by atoms with Gasteiger partial charge in [-0.25, -0.2) is 4.98 Å². The minimum absolute atomic E-state index is 0. The third-order valence-electron chi connectivity index (χ3n) is 17.7. The van der Waals surface area contributed by atoms with Crippen LogP contribution in [0.5, 0.6) is 11.5 Å². The zero-order chi connectivity index (χ0) is 64.7. The van der Waals surface area contributed by atoms with Crippen molar-refractivity contribution in [1.82, 2.24) is 18.7 Å². The number of aryl methyl sites for hydroxylation is 2. The van der Waals surface area contributed by atoms with Crippen LogP contribution >= 0.6 is 0 Å². The summed E-state index contributed by atoms with van der Waals surface area (Å²) in [6.45, 7) is 7.93. The number of imidazole rings is 1. The van der Waals surface area contributed by atoms with Crippen molar-refractivity contribution in [3.63, 3.8) is 0 Å². The molecular weight excluding hydrogens is 1270 g/mol. The maximum atomic E-state index is 9.02. The quantitative estimate of drug-likeness (QED) is 0.118. The molecule has 0 unspecified atom stereocenters. The van der Waals surface area contributed by atoms with E-state index in [-0.39, 0.29) is 48.6 Å². The van der Waals surface area contributed by atoms with Crippen molar-refractivity contribution in [2.75, 3.05) is 0 Å². The number of rotatable bonds is 7. The third kappa shape index (κ3) is 9.18. The Kier molecular flexibility index (Phi) is 11.7. The van der Waals surface area contributed by atoms with Crippen LogP contribution in [0.2, 0.25) is 0 Å². The Hall–Kier alpha value is -9.87. The number of benzene rings is 11. The maximum absolute atomic E-state index is 9.02. The van der Waals surface area contributed by atoms with E-state index in [1.165, 1.54) is 23.3 Å². The molecule has 0 atom stereocenters. The summed E-state index contributed by atoms with van der Waals surface area (Å²) in [6.07, 6.45) is 5.88. The van der Waals surface area contributed by atoms with Crippen LogP contribution in [0, 0.1) is 32.2 Å². The van der Waals surface area contributed by atoms with Gasteiger partial charge in [-0.15, -0.1) is 29.7 Å². The average Bonchev–Trinajstić information content (AvgIpc) is 1.59. The summed E-state index contributed by atoms with van der Waals surface area (Å²) in [6, 6.07) is 85.4. The average molecular weight is 1340 g/mol. The van der Waals surface area contributed by atoms with Gasteiger partial charge in [0.25, 0.3) is 6.33 Å². The van der Waals surface area contributed by atoms with Crippen molar-refractivity contribution >= 4 is 54.6 Å². The third-order valence-corrected chi connectivity index (χ3v) is 17.7. The van der Waals surface area contributed by atoms with Gasteiger partial charge in [0, 0.05) is 63.3 Å². The minimum Gasteiger partial charge on any atom is -0.510 e. The Labute approximate surface area is 542 Å². The molecule has 15 aromatic rings. The van der Waals surface area contributed by atoms with E-state index >= 15 is 0 Å². The predicted molar refractivity (Wildman–Crippen MR) is 362 cm³/mol. The van der Waals surface area contributed by atoms with Crippen LogP contribution in [-0.4, -0.2) is 18.7 Å². The summed E-state index contributed by atoms with van der Waals surface area (Å²) in [4.78, 5) is 4.93. The SMILES string of the molecule is [2H]C([2H])([2H])c1cccc(C([2H])([2H])[2H])c1-c1cc2c(c(-n3c4ccccc4c4ccccc43)c1)-[n+]1[c-]n(-c3[c-]c(Oc4[c-]c5c(cc4)c4ccccc4n5-c4cc(C(C)(C)C)ccn4)ccc3)c3cc(-c4ccc(C(C)(C)C)cc4)cc(c31)-c1ccccc1-c1ccccc1-2.[Pt]. The Bertz CT molecular complexity index is 5520. The Morgan fingerprint density at radius 1 is 0.449 bits per heavy atom. The smallest absolute Gasteiger partial charge is 0.268 e. The molecule has 0 spiro atoms. The molecule has 434 valence electrons. The van der Waals surface area contributed by atoms with Crippen LogP contribution in [0.4, 0.5) is 0 Å². The fourth-order valence-electron chi connectivity index (χ4n) is 13.4. The van der Waals surface area contributed by atoms with E-state index < -0.39 is 13.7 Å². The molecule has 0 saturated carbocycles. The first-order valence-corrected chi connectivity index (χ1v) is 29.9. The van der Waals surface area contributed by atoms with Crippen LogP contribution in [0.1, 0.15) is 72.0 Å². The van der Waals surface area contributed by atoms with E-state index in [1.807, 2.05) is 79.0 Å². The first-order chi connectivity index (χ1) is 45.2. The molecule has 0 radical (unpaired) electrons. The van der Waals surface area contributed by atoms with Gasteiger partial charge in [0.15, 0.2) is 0 Å². The number of aromatic nitrogens is 5. The molecule has 0 aliphatic carbocycles. The van der Waals surface area contributed by atoms with Gasteiger partial charge in [0.1, 0.15) is 5.82 Å². The van der Waals surface area contributed by atoms with Crippen molar-refractivity contribution < 1.29 is 38.6 Å². The van der Waals surface area contributed by atoms with Gasteiger partial charge in [-0.1, -0.05) is 199 Å². The zero-order valence-corrected chi connectivity index (χ0v) is 52.2. The molecule has 1 aliphatic heterocycles. The second-order valence-electron chi connectivity index (χ2n) is 25.2. The first kappa shape index (κ1) is 49.2. The van der Waals surface area contributed by atoms with Crippen molar-refractivity contribution in [3.05, 3.63) is 277 Å². The van der Waals surface area contributed by atoms with E-state index in [0.29, 0.717) is 28.4 Å². The summed E-state index contributed by atoms with van der Waals surface area (Å²) in [7, 11) is 0. The van der Waals surface area contributed by atoms with Gasteiger partial charge in [-0.3, -0.25) is 4.57 Å². The molecule has 5 heterocycles. The van der Waals surface area contributed by atoms with Gasteiger partial charge >= 0.3 is 0 Å². The van der Waals surface area contributed by atoms with E-state index in [2.05, 4.69) is 218 Å². The predicted octanol–water partition coefficient (Wildman–Crippen LogP) is 20.5. The largest absolute Gasteiger partial charge is 0.510 e. The molecule has 6 nitrogen and oxygen atoms in total. The van der Waals surface area contributed by atoms with E-state index in [1.54, 1.807) is 6.07 Å². The summed E-state index contributed by atoms with van der Waals surface area (Å²) in [5, 5.41) is 4.11. The molecule has 89 heavy (non-hydrogen) atoms. The van der Waals surface area contributed by atoms with Crippen molar-refractivity contribution in [3.8, 4) is 90.0 Å². The molecule has 0 saturated heterocycles. The molecule has 0 bridgehead atoms. The molecule has 11 aromatic carbocycles. The molecule has 16 rings (SSSR count). The van der Waals surface area contributed by atoms with Gasteiger partial charge < -0.3 is 18.4 Å². The van der Waals surface area contributed by atoms with E-state index in [0.717, 1.165) is 111 Å². The van der Waals surface area contributed by atoms with Crippen LogP contribution < -0.4 is 9.30 Å². The zero-order valence-electron chi connectivity index (χ0n) is 56.0. The van der Waals surface area contributed by atoms with Crippen LogP contribution in [0.25, 0.3) is 133 Å². The van der Waals surface area contributed by atoms with Gasteiger partial charge in [0.05, 0.1) is 33.4 Å². The van der Waals surface area contributed by atoms with Crippen LogP contribution in [-0.2, 0) is 31.9 Å². The van der Waals surface area contributed by atoms with Gasteiger partial charge in [-0.2, -0.15) is 18.2 Å². The van der Waals surface area contributed by atoms with Crippen molar-refractivity contribution in [2.45, 2.75) is 66.1 Å². The van der Waals surface area contributed by atoms with Gasteiger partial charge in [-0.05, 0) is 162 Å².